The van der Waals surface area contributed by atoms with E-state index in [1.165, 1.54) is 7.11 Å². The summed E-state index contributed by atoms with van der Waals surface area (Å²) in [4.78, 5) is 14.1. The first-order valence-corrected chi connectivity index (χ1v) is 6.06. The van der Waals surface area contributed by atoms with Crippen LogP contribution < -0.4 is 10.5 Å². The summed E-state index contributed by atoms with van der Waals surface area (Å²) in [7, 11) is 1.46. The molecule has 0 spiro atoms. The summed E-state index contributed by atoms with van der Waals surface area (Å²) < 4.78 is 5.01. The quantitative estimate of drug-likeness (QED) is 0.816. The number of hydrogen-bond donors (Lipinski definition) is 2. The fraction of sp³-hybridized carbons (Fsp3) is 0.462. The molecule has 0 heterocycles. The van der Waals surface area contributed by atoms with Gasteiger partial charge < -0.3 is 20.5 Å². The first kappa shape index (κ1) is 12.7. The molecule has 5 heteroatoms. The van der Waals surface area contributed by atoms with Gasteiger partial charge in [-0.3, -0.25) is 4.79 Å². The second-order valence-electron chi connectivity index (χ2n) is 4.37. The maximum absolute atomic E-state index is 12.4. The van der Waals surface area contributed by atoms with E-state index in [9.17, 15) is 9.90 Å². The molecule has 1 aromatic rings. The lowest BCUT2D eigenvalue weighted by atomic mass is 10.1. The Bertz CT molecular complexity index is 444. The molecule has 1 fully saturated rings. The summed E-state index contributed by atoms with van der Waals surface area (Å²) in [5, 5.41) is 9.97. The van der Waals surface area contributed by atoms with Gasteiger partial charge >= 0.3 is 0 Å². The topological polar surface area (TPSA) is 75.8 Å². The molecule has 0 radical (unpaired) electrons. The monoisotopic (exact) mass is 250 g/mol. The zero-order valence-electron chi connectivity index (χ0n) is 10.4. The smallest absolute Gasteiger partial charge is 0.258 e. The number of phenolic OH excluding ortho intramolecular Hbond substituents is 1. The molecule has 0 unspecified atom stereocenters. The lowest BCUT2D eigenvalue weighted by Gasteiger charge is -2.22. The number of para-hydroxylation sites is 1. The third kappa shape index (κ3) is 2.41. The number of hydrogen-bond acceptors (Lipinski definition) is 4. The van der Waals surface area contributed by atoms with Gasteiger partial charge in [-0.25, -0.2) is 0 Å². The largest absolute Gasteiger partial charge is 0.504 e. The van der Waals surface area contributed by atoms with Crippen molar-refractivity contribution in [2.45, 2.75) is 18.9 Å². The Kier molecular flexibility index (Phi) is 3.72. The van der Waals surface area contributed by atoms with Crippen LogP contribution >= 0.6 is 0 Å². The van der Waals surface area contributed by atoms with Crippen molar-refractivity contribution in [1.82, 2.24) is 4.90 Å². The van der Waals surface area contributed by atoms with Gasteiger partial charge in [0.05, 0.1) is 12.7 Å². The lowest BCUT2D eigenvalue weighted by molar-refractivity contribution is 0.0744. The fourth-order valence-corrected chi connectivity index (χ4v) is 1.99. The summed E-state index contributed by atoms with van der Waals surface area (Å²) in [6.45, 7) is 0.938. The van der Waals surface area contributed by atoms with E-state index in [4.69, 9.17) is 10.5 Å². The second kappa shape index (κ2) is 5.27. The van der Waals surface area contributed by atoms with Crippen LogP contribution in [-0.4, -0.2) is 42.2 Å². The Morgan fingerprint density at radius 2 is 2.28 bits per heavy atom. The normalized spacial score (nSPS) is 14.3. The molecule has 1 aromatic carbocycles. The van der Waals surface area contributed by atoms with Crippen LogP contribution in [0.25, 0.3) is 0 Å². The van der Waals surface area contributed by atoms with E-state index in [1.54, 1.807) is 23.1 Å². The number of phenols is 1. The van der Waals surface area contributed by atoms with Gasteiger partial charge in [-0.15, -0.1) is 0 Å². The standard InChI is InChI=1S/C13H18N2O3/c1-18-11-4-2-3-10(12(11)16)13(17)15(8-7-14)9-5-6-9/h2-4,9,16H,5-8,14H2,1H3. The second-order valence-corrected chi connectivity index (χ2v) is 4.37. The number of rotatable bonds is 5. The average Bonchev–Trinajstić information content (AvgIpc) is 3.20. The van der Waals surface area contributed by atoms with E-state index in [1.807, 2.05) is 0 Å². The van der Waals surface area contributed by atoms with E-state index < -0.39 is 0 Å². The van der Waals surface area contributed by atoms with Crippen LogP contribution in [0.1, 0.15) is 23.2 Å². The predicted octanol–water partition coefficient (Wildman–Crippen LogP) is 0.964. The van der Waals surface area contributed by atoms with Crippen LogP contribution in [0.15, 0.2) is 18.2 Å². The van der Waals surface area contributed by atoms with Crippen molar-refractivity contribution in [3.8, 4) is 11.5 Å². The molecule has 1 amide bonds. The minimum atomic E-state index is -0.181. The van der Waals surface area contributed by atoms with Crippen LogP contribution in [-0.2, 0) is 0 Å². The number of methoxy groups -OCH3 is 1. The number of benzene rings is 1. The van der Waals surface area contributed by atoms with Gasteiger partial charge in [0.15, 0.2) is 11.5 Å². The van der Waals surface area contributed by atoms with Crippen molar-refractivity contribution in [2.24, 2.45) is 5.73 Å². The molecule has 0 saturated heterocycles. The highest BCUT2D eigenvalue weighted by Crippen LogP contribution is 2.33. The van der Waals surface area contributed by atoms with Crippen molar-refractivity contribution in [3.05, 3.63) is 23.8 Å². The third-order valence-electron chi connectivity index (χ3n) is 3.07. The molecule has 1 aliphatic carbocycles. The highest BCUT2D eigenvalue weighted by Gasteiger charge is 2.33. The molecule has 2 rings (SSSR count). The van der Waals surface area contributed by atoms with E-state index in [-0.39, 0.29) is 23.3 Å². The summed E-state index contributed by atoms with van der Waals surface area (Å²) in [6, 6.07) is 5.19. The minimum Gasteiger partial charge on any atom is -0.504 e. The van der Waals surface area contributed by atoms with Gasteiger partial charge in [-0.05, 0) is 25.0 Å². The molecular weight excluding hydrogens is 232 g/mol. The van der Waals surface area contributed by atoms with Crippen LogP contribution in [0.2, 0.25) is 0 Å². The van der Waals surface area contributed by atoms with Gasteiger partial charge in [0.2, 0.25) is 0 Å². The lowest BCUT2D eigenvalue weighted by Crippen LogP contribution is -2.37. The molecule has 5 nitrogen and oxygen atoms in total. The first-order chi connectivity index (χ1) is 8.69. The average molecular weight is 250 g/mol. The number of aromatic hydroxyl groups is 1. The van der Waals surface area contributed by atoms with Gasteiger partial charge in [0.1, 0.15) is 0 Å². The van der Waals surface area contributed by atoms with Crippen molar-refractivity contribution in [1.29, 1.82) is 0 Å². The Morgan fingerprint density at radius 3 is 2.83 bits per heavy atom. The molecule has 1 aliphatic rings. The van der Waals surface area contributed by atoms with Gasteiger partial charge in [-0.1, -0.05) is 6.07 Å². The Labute approximate surface area is 106 Å². The number of carbonyl (C=O) groups excluding carboxylic acids is 1. The van der Waals surface area contributed by atoms with Gasteiger partial charge in [0, 0.05) is 19.1 Å². The molecule has 0 bridgehead atoms. The number of ether oxygens (including phenoxy) is 1. The molecule has 98 valence electrons. The summed E-state index contributed by atoms with van der Waals surface area (Å²) in [5.41, 5.74) is 5.80. The van der Waals surface area contributed by atoms with Crippen molar-refractivity contribution >= 4 is 5.91 Å². The first-order valence-electron chi connectivity index (χ1n) is 6.06. The number of amides is 1. The van der Waals surface area contributed by atoms with Crippen molar-refractivity contribution in [2.75, 3.05) is 20.2 Å². The predicted molar refractivity (Wildman–Crippen MR) is 67.8 cm³/mol. The van der Waals surface area contributed by atoms with Crippen LogP contribution in [0.4, 0.5) is 0 Å². The maximum atomic E-state index is 12.4. The molecule has 3 N–H and O–H groups in total. The molecule has 0 aliphatic heterocycles. The number of nitrogens with zero attached hydrogens (tertiary/aromatic N) is 1. The summed E-state index contributed by atoms with van der Waals surface area (Å²) in [6.07, 6.45) is 2.02. The summed E-state index contributed by atoms with van der Waals surface area (Å²) >= 11 is 0. The van der Waals surface area contributed by atoms with Crippen LogP contribution in [0.5, 0.6) is 11.5 Å². The molecular formula is C13H18N2O3. The molecule has 18 heavy (non-hydrogen) atoms. The zero-order chi connectivity index (χ0) is 13.1. The van der Waals surface area contributed by atoms with Crippen molar-refractivity contribution in [3.63, 3.8) is 0 Å². The van der Waals surface area contributed by atoms with Crippen molar-refractivity contribution < 1.29 is 14.6 Å². The van der Waals surface area contributed by atoms with E-state index in [0.717, 1.165) is 12.8 Å². The number of nitrogens with two attached hydrogens (primary N) is 1. The molecule has 1 saturated carbocycles. The Morgan fingerprint density at radius 1 is 1.56 bits per heavy atom. The molecule has 0 atom stereocenters. The highest BCUT2D eigenvalue weighted by atomic mass is 16.5. The minimum absolute atomic E-state index is 0.104. The van der Waals surface area contributed by atoms with E-state index in [0.29, 0.717) is 18.8 Å². The summed E-state index contributed by atoms with van der Waals surface area (Å²) in [5.74, 6) is 0.0244. The Hall–Kier alpha value is -1.75. The van der Waals surface area contributed by atoms with Crippen LogP contribution in [0.3, 0.4) is 0 Å². The van der Waals surface area contributed by atoms with E-state index >= 15 is 0 Å². The van der Waals surface area contributed by atoms with E-state index in [2.05, 4.69) is 0 Å². The SMILES string of the molecule is COc1cccc(C(=O)N(CCN)C2CC2)c1O. The molecule has 0 aromatic heterocycles. The van der Waals surface area contributed by atoms with Crippen LogP contribution in [0, 0.1) is 0 Å². The highest BCUT2D eigenvalue weighted by molar-refractivity contribution is 5.98. The third-order valence-corrected chi connectivity index (χ3v) is 3.07. The zero-order valence-corrected chi connectivity index (χ0v) is 10.4. The van der Waals surface area contributed by atoms with Gasteiger partial charge in [0.25, 0.3) is 5.91 Å². The Balaban J connectivity index is 2.26. The number of carbonyl (C=O) groups is 1. The fourth-order valence-electron chi connectivity index (χ4n) is 1.99. The van der Waals surface area contributed by atoms with Gasteiger partial charge in [-0.2, -0.15) is 0 Å². The maximum Gasteiger partial charge on any atom is 0.258 e.